The standard InChI is InChI=1S/C67H105NO13/c1-3-5-7-9-11-13-15-17-19-20-21-22-23-24-25-26-27-28-29-30-31-32-33-34-35-36-37-39-41-43-45-47-49-51-59(72)68-55(56(71)50-48-46-44-42-40-38-18-16-14-12-10-8-6-4-2)54-78-66-64(77)62(75)65(58(53-70)80-66)81-67-63(76)61(74)60(73)57(52-69)79-67/h5,7,11,13-14,16-17,19,21-22,24-25,27-28,30-31,33-34,36-37,40-43,48,50,55-58,60-67,69-71,73-77H,3-4,6,8-10,12,15,18,20,23,26,29,32,35,38-39,44-47,49,51-54H2,1-2H3,(H,68,72)/b7-5-,13-11-,16-14+,19-17-,22-21-,25-24-,28-27-,31-30-,34-33-,37-36-,42-40+,43-41-,50-48+. The van der Waals surface area contributed by atoms with Crippen LogP contribution in [0.3, 0.4) is 0 Å². The summed E-state index contributed by atoms with van der Waals surface area (Å²) in [5.74, 6) is -0.305. The number of rotatable bonds is 45. The van der Waals surface area contributed by atoms with Gasteiger partial charge in [-0.1, -0.05) is 191 Å². The molecule has 14 heteroatoms. The molecule has 0 aromatic heterocycles. The number of hydrogen-bond donors (Lipinski definition) is 9. The van der Waals surface area contributed by atoms with Gasteiger partial charge in [-0.3, -0.25) is 4.79 Å². The van der Waals surface area contributed by atoms with Crippen LogP contribution < -0.4 is 5.32 Å². The summed E-state index contributed by atoms with van der Waals surface area (Å²) in [6.45, 7) is 2.56. The number of ether oxygens (including phenoxy) is 4. The van der Waals surface area contributed by atoms with Crippen LogP contribution in [0.2, 0.25) is 0 Å². The molecule has 0 saturated carbocycles. The molecular weight excluding hydrogens is 1030 g/mol. The highest BCUT2D eigenvalue weighted by Crippen LogP contribution is 2.30. The Balaban J connectivity index is 1.76. The van der Waals surface area contributed by atoms with Crippen LogP contribution in [-0.2, 0) is 23.7 Å². The molecule has 12 atom stereocenters. The number of allylic oxidation sites excluding steroid dienone is 25. The molecular formula is C67H105NO13. The molecule has 2 saturated heterocycles. The quantitative estimate of drug-likeness (QED) is 0.0205. The van der Waals surface area contributed by atoms with Gasteiger partial charge in [0.2, 0.25) is 5.91 Å². The van der Waals surface area contributed by atoms with Gasteiger partial charge >= 0.3 is 0 Å². The van der Waals surface area contributed by atoms with Crippen molar-refractivity contribution in [2.24, 2.45) is 0 Å². The molecule has 0 bridgehead atoms. The molecule has 0 radical (unpaired) electrons. The van der Waals surface area contributed by atoms with Crippen molar-refractivity contribution < 1.29 is 64.6 Å². The smallest absolute Gasteiger partial charge is 0.220 e. The van der Waals surface area contributed by atoms with Crippen LogP contribution in [0.1, 0.15) is 162 Å². The van der Waals surface area contributed by atoms with Crippen molar-refractivity contribution in [3.8, 4) is 0 Å². The summed E-state index contributed by atoms with van der Waals surface area (Å²) in [5, 5.41) is 86.9. The molecule has 81 heavy (non-hydrogen) atoms. The van der Waals surface area contributed by atoms with E-state index in [1.165, 1.54) is 25.7 Å². The molecule has 12 unspecified atom stereocenters. The van der Waals surface area contributed by atoms with Gasteiger partial charge in [-0.15, -0.1) is 0 Å². The lowest BCUT2D eigenvalue weighted by atomic mass is 9.97. The number of unbranched alkanes of at least 4 members (excludes halogenated alkanes) is 8. The van der Waals surface area contributed by atoms with E-state index in [-0.39, 0.29) is 18.9 Å². The minimum absolute atomic E-state index is 0.203. The summed E-state index contributed by atoms with van der Waals surface area (Å²) in [4.78, 5) is 13.2. The van der Waals surface area contributed by atoms with Gasteiger partial charge < -0.3 is 65.1 Å². The molecule has 2 heterocycles. The number of carbonyl (C=O) groups excluding carboxylic acids is 1. The molecule has 0 aromatic rings. The molecule has 14 nitrogen and oxygen atoms in total. The summed E-state index contributed by atoms with van der Waals surface area (Å²) >= 11 is 0. The molecule has 0 aromatic carbocycles. The van der Waals surface area contributed by atoms with Gasteiger partial charge in [0.15, 0.2) is 12.6 Å². The molecule has 2 fully saturated rings. The third kappa shape index (κ3) is 35.4. The van der Waals surface area contributed by atoms with E-state index >= 15 is 0 Å². The van der Waals surface area contributed by atoms with Gasteiger partial charge in [-0.25, -0.2) is 0 Å². The lowest BCUT2D eigenvalue weighted by Gasteiger charge is -2.46. The van der Waals surface area contributed by atoms with E-state index in [1.807, 2.05) is 6.08 Å². The van der Waals surface area contributed by atoms with Crippen LogP contribution in [0, 0.1) is 0 Å². The van der Waals surface area contributed by atoms with Crippen LogP contribution in [0.25, 0.3) is 0 Å². The average molecular weight is 1130 g/mol. The Kier molecular flexibility index (Phi) is 45.0. The fourth-order valence-electron chi connectivity index (χ4n) is 8.58. The highest BCUT2D eigenvalue weighted by atomic mass is 16.7. The monoisotopic (exact) mass is 1130 g/mol. The Hall–Kier alpha value is -4.39. The van der Waals surface area contributed by atoms with Crippen LogP contribution in [0.4, 0.5) is 0 Å². The van der Waals surface area contributed by atoms with Crippen molar-refractivity contribution in [2.45, 2.75) is 235 Å². The van der Waals surface area contributed by atoms with E-state index in [0.29, 0.717) is 12.8 Å². The Morgan fingerprint density at radius 2 is 0.864 bits per heavy atom. The second-order valence-electron chi connectivity index (χ2n) is 20.4. The number of aliphatic hydroxyl groups is 8. The zero-order valence-corrected chi connectivity index (χ0v) is 48.9. The first-order valence-electron chi connectivity index (χ1n) is 30.2. The maximum absolute atomic E-state index is 13.2. The van der Waals surface area contributed by atoms with E-state index in [2.05, 4.69) is 165 Å². The SMILES string of the molecule is CC/C=C\C/C=C\C/C=C\C/C=C\C/C=C\C/C=C\C/C=C\C/C=C\C/C=C\C/C=C\CCCCC(=O)NC(COC1OC(CO)C(OC2OC(CO)C(O)C(O)C2O)C(O)C1O)C(O)/C=C/CC/C=C/CC/C=C/CCCCCC. The third-order valence-electron chi connectivity index (χ3n) is 13.4. The van der Waals surface area contributed by atoms with E-state index < -0.39 is 86.8 Å². The third-order valence-corrected chi connectivity index (χ3v) is 13.4. The minimum Gasteiger partial charge on any atom is -0.394 e. The number of aliphatic hydroxyl groups excluding tert-OH is 8. The van der Waals surface area contributed by atoms with Crippen molar-refractivity contribution in [1.29, 1.82) is 0 Å². The Morgan fingerprint density at radius 3 is 1.33 bits per heavy atom. The van der Waals surface area contributed by atoms with Gasteiger partial charge in [-0.2, -0.15) is 0 Å². The van der Waals surface area contributed by atoms with Crippen LogP contribution in [0.15, 0.2) is 158 Å². The fourth-order valence-corrected chi connectivity index (χ4v) is 8.58. The first kappa shape index (κ1) is 72.7. The minimum atomic E-state index is -1.81. The van der Waals surface area contributed by atoms with Gasteiger partial charge in [0.1, 0.15) is 48.8 Å². The van der Waals surface area contributed by atoms with Gasteiger partial charge in [0, 0.05) is 6.42 Å². The van der Waals surface area contributed by atoms with E-state index in [4.69, 9.17) is 18.9 Å². The second kappa shape index (κ2) is 50.2. The van der Waals surface area contributed by atoms with Crippen molar-refractivity contribution in [2.75, 3.05) is 19.8 Å². The summed E-state index contributed by atoms with van der Waals surface area (Å²) in [7, 11) is 0. The molecule has 0 aliphatic carbocycles. The normalized spacial score (nSPS) is 25.3. The van der Waals surface area contributed by atoms with Crippen molar-refractivity contribution >= 4 is 5.91 Å². The van der Waals surface area contributed by atoms with Crippen LogP contribution in [0.5, 0.6) is 0 Å². The first-order chi connectivity index (χ1) is 39.6. The van der Waals surface area contributed by atoms with Crippen molar-refractivity contribution in [3.05, 3.63) is 158 Å². The van der Waals surface area contributed by atoms with E-state index in [1.54, 1.807) is 6.08 Å². The maximum Gasteiger partial charge on any atom is 0.220 e. The number of carbonyl (C=O) groups is 1. The fraction of sp³-hybridized carbons (Fsp3) is 0.597. The van der Waals surface area contributed by atoms with Crippen molar-refractivity contribution in [3.63, 3.8) is 0 Å². The highest BCUT2D eigenvalue weighted by molar-refractivity contribution is 5.76. The van der Waals surface area contributed by atoms with Gasteiger partial charge in [0.05, 0.1) is 32.0 Å². The number of hydrogen-bond acceptors (Lipinski definition) is 13. The molecule has 2 aliphatic rings. The largest absolute Gasteiger partial charge is 0.394 e. The predicted molar refractivity (Wildman–Crippen MR) is 327 cm³/mol. The number of nitrogens with one attached hydrogen (secondary N) is 1. The van der Waals surface area contributed by atoms with E-state index in [9.17, 15) is 45.6 Å². The molecule has 9 N–H and O–H groups in total. The lowest BCUT2D eigenvalue weighted by molar-refractivity contribution is -0.359. The highest BCUT2D eigenvalue weighted by Gasteiger charge is 2.51. The van der Waals surface area contributed by atoms with Gasteiger partial charge in [-0.05, 0) is 122 Å². The molecule has 456 valence electrons. The summed E-state index contributed by atoms with van der Waals surface area (Å²) in [5.41, 5.74) is 0. The summed E-state index contributed by atoms with van der Waals surface area (Å²) in [6, 6.07) is -0.973. The van der Waals surface area contributed by atoms with Crippen LogP contribution >= 0.6 is 0 Å². The average Bonchev–Trinajstić information content (AvgIpc) is 3.47. The Bertz CT molecular complexity index is 1960. The van der Waals surface area contributed by atoms with E-state index in [0.717, 1.165) is 103 Å². The van der Waals surface area contributed by atoms with Crippen molar-refractivity contribution in [1.82, 2.24) is 5.32 Å². The maximum atomic E-state index is 13.2. The number of amides is 1. The Morgan fingerprint density at radius 1 is 0.457 bits per heavy atom. The first-order valence-corrected chi connectivity index (χ1v) is 30.2. The second-order valence-corrected chi connectivity index (χ2v) is 20.4. The predicted octanol–water partition coefficient (Wildman–Crippen LogP) is 10.7. The molecule has 1 amide bonds. The Labute approximate surface area is 486 Å². The molecule has 0 spiro atoms. The summed E-state index contributed by atoms with van der Waals surface area (Å²) in [6.07, 6.45) is 60.0. The van der Waals surface area contributed by atoms with Crippen LogP contribution in [-0.4, -0.2) is 140 Å². The zero-order valence-electron chi connectivity index (χ0n) is 48.9. The topological polar surface area (TPSA) is 228 Å². The zero-order chi connectivity index (χ0) is 58.8. The lowest BCUT2D eigenvalue weighted by Crippen LogP contribution is -2.65. The summed E-state index contributed by atoms with van der Waals surface area (Å²) < 4.78 is 22.7. The molecule has 2 aliphatic heterocycles. The molecule has 2 rings (SSSR count). The van der Waals surface area contributed by atoms with Gasteiger partial charge in [0.25, 0.3) is 0 Å².